The molecule has 0 unspecified atom stereocenters. The van der Waals surface area contributed by atoms with Gasteiger partial charge in [-0.2, -0.15) is 0 Å². The maximum atomic E-state index is 11.8. The highest BCUT2D eigenvalue weighted by Crippen LogP contribution is 2.19. The predicted molar refractivity (Wildman–Crippen MR) is 89.0 cm³/mol. The highest BCUT2D eigenvalue weighted by atomic mass is 32.2. The van der Waals surface area contributed by atoms with E-state index in [-0.39, 0.29) is 5.56 Å². The summed E-state index contributed by atoms with van der Waals surface area (Å²) in [4.78, 5) is 23.4. The molecule has 0 fully saturated rings. The first-order valence-electron chi connectivity index (χ1n) is 7.01. The van der Waals surface area contributed by atoms with Gasteiger partial charge in [-0.05, 0) is 18.6 Å². The number of nitrogens with one attached hydrogen (secondary N) is 1. The van der Waals surface area contributed by atoms with Gasteiger partial charge in [-0.25, -0.2) is 4.98 Å². The third-order valence-corrected chi connectivity index (χ3v) is 3.99. The molecule has 0 spiro atoms. The highest BCUT2D eigenvalue weighted by Gasteiger charge is 2.04. The molecule has 1 aromatic carbocycles. The lowest BCUT2D eigenvalue weighted by Gasteiger charge is -2.04. The van der Waals surface area contributed by atoms with Crippen molar-refractivity contribution in [3.63, 3.8) is 0 Å². The molecule has 0 aliphatic heterocycles. The molecule has 0 aliphatic rings. The van der Waals surface area contributed by atoms with E-state index in [1.54, 1.807) is 6.20 Å². The molecule has 5 heteroatoms. The second kappa shape index (κ2) is 7.04. The smallest absolute Gasteiger partial charge is 0.252 e. The van der Waals surface area contributed by atoms with Crippen LogP contribution >= 0.6 is 11.8 Å². The van der Waals surface area contributed by atoms with Crippen LogP contribution in [-0.2, 0) is 6.42 Å². The minimum absolute atomic E-state index is 0.130. The van der Waals surface area contributed by atoms with Gasteiger partial charge in [0.1, 0.15) is 0 Å². The van der Waals surface area contributed by atoms with E-state index in [9.17, 15) is 4.79 Å². The summed E-state index contributed by atoms with van der Waals surface area (Å²) in [5.41, 5.74) is 2.55. The zero-order valence-electron chi connectivity index (χ0n) is 11.9. The highest BCUT2D eigenvalue weighted by molar-refractivity contribution is 7.99. The monoisotopic (exact) mass is 309 g/mol. The van der Waals surface area contributed by atoms with Crippen molar-refractivity contribution < 1.29 is 0 Å². The van der Waals surface area contributed by atoms with Crippen molar-refractivity contribution in [1.29, 1.82) is 0 Å². The Kier molecular flexibility index (Phi) is 4.65. The average Bonchev–Trinajstić information content (AvgIpc) is 2.56. The maximum Gasteiger partial charge on any atom is 0.252 e. The van der Waals surface area contributed by atoms with Gasteiger partial charge in [0.25, 0.3) is 5.56 Å². The molecule has 0 saturated carbocycles. The molecule has 4 nitrogen and oxygen atoms in total. The Labute approximate surface area is 132 Å². The van der Waals surface area contributed by atoms with E-state index in [4.69, 9.17) is 0 Å². The Balaban J connectivity index is 1.72. The van der Waals surface area contributed by atoms with E-state index in [0.29, 0.717) is 10.9 Å². The molecule has 0 bridgehead atoms. The van der Waals surface area contributed by atoms with Gasteiger partial charge in [-0.15, -0.1) is 0 Å². The van der Waals surface area contributed by atoms with Crippen LogP contribution in [0.25, 0.3) is 11.3 Å². The van der Waals surface area contributed by atoms with E-state index in [1.165, 1.54) is 17.8 Å². The van der Waals surface area contributed by atoms with Gasteiger partial charge in [-0.1, -0.05) is 48.2 Å². The Hall–Kier alpha value is -2.40. The number of aryl methyl sites for hydroxylation is 1. The van der Waals surface area contributed by atoms with Crippen molar-refractivity contribution in [1.82, 2.24) is 15.0 Å². The second-order valence-electron chi connectivity index (χ2n) is 4.72. The van der Waals surface area contributed by atoms with Crippen molar-refractivity contribution >= 4 is 11.8 Å². The lowest BCUT2D eigenvalue weighted by Crippen LogP contribution is -2.08. The molecule has 0 amide bonds. The van der Waals surface area contributed by atoms with E-state index in [2.05, 4.69) is 15.0 Å². The number of thioether (sulfide) groups is 1. The molecule has 0 aliphatic carbocycles. The summed E-state index contributed by atoms with van der Waals surface area (Å²) in [5, 5.41) is 0.641. The Bertz CT molecular complexity index is 788. The lowest BCUT2D eigenvalue weighted by molar-refractivity contribution is 0.938. The van der Waals surface area contributed by atoms with E-state index in [1.807, 2.05) is 48.5 Å². The number of pyridine rings is 1. The van der Waals surface area contributed by atoms with Crippen molar-refractivity contribution in [2.45, 2.75) is 11.6 Å². The first-order valence-corrected chi connectivity index (χ1v) is 7.99. The van der Waals surface area contributed by atoms with Crippen LogP contribution in [0.5, 0.6) is 0 Å². The summed E-state index contributed by atoms with van der Waals surface area (Å²) in [6.07, 6.45) is 2.63. The van der Waals surface area contributed by atoms with Crippen LogP contribution < -0.4 is 5.56 Å². The predicted octanol–water partition coefficient (Wildman–Crippen LogP) is 3.17. The van der Waals surface area contributed by atoms with Crippen LogP contribution in [0.4, 0.5) is 0 Å². The van der Waals surface area contributed by atoms with Crippen molar-refractivity contribution in [3.8, 4) is 11.3 Å². The first-order chi connectivity index (χ1) is 10.8. The molecule has 0 saturated heterocycles. The van der Waals surface area contributed by atoms with Gasteiger partial charge in [0, 0.05) is 29.3 Å². The molecule has 1 N–H and O–H groups in total. The molecule has 3 aromatic rings. The average molecular weight is 309 g/mol. The molecule has 2 aromatic heterocycles. The number of H-pyrrole nitrogens is 1. The van der Waals surface area contributed by atoms with Gasteiger partial charge < -0.3 is 4.98 Å². The fraction of sp³-hybridized carbons (Fsp3) is 0.118. The van der Waals surface area contributed by atoms with Crippen molar-refractivity contribution in [2.24, 2.45) is 0 Å². The summed E-state index contributed by atoms with van der Waals surface area (Å²) in [6.45, 7) is 0. The number of nitrogens with zero attached hydrogens (tertiary/aromatic N) is 2. The van der Waals surface area contributed by atoms with Crippen molar-refractivity contribution in [2.75, 3.05) is 5.75 Å². The van der Waals surface area contributed by atoms with Crippen LogP contribution in [0.15, 0.2) is 70.7 Å². The molecule has 22 heavy (non-hydrogen) atoms. The number of aromatic amines is 1. The van der Waals surface area contributed by atoms with Crippen LogP contribution in [0.2, 0.25) is 0 Å². The van der Waals surface area contributed by atoms with E-state index in [0.717, 1.165) is 23.4 Å². The largest absolute Gasteiger partial charge is 0.301 e. The molecule has 3 rings (SSSR count). The molecule has 110 valence electrons. The third-order valence-electron chi connectivity index (χ3n) is 3.11. The third kappa shape index (κ3) is 3.83. The van der Waals surface area contributed by atoms with Crippen LogP contribution in [-0.4, -0.2) is 20.7 Å². The minimum Gasteiger partial charge on any atom is -0.301 e. The first kappa shape index (κ1) is 14.5. The number of rotatable bonds is 5. The summed E-state index contributed by atoms with van der Waals surface area (Å²) in [7, 11) is 0. The summed E-state index contributed by atoms with van der Waals surface area (Å²) < 4.78 is 0. The minimum atomic E-state index is -0.130. The fourth-order valence-electron chi connectivity index (χ4n) is 2.06. The Morgan fingerprint density at radius 2 is 1.86 bits per heavy atom. The SMILES string of the molecule is O=c1cc(-c2ccccc2)nc(SCCc2ccccn2)[nH]1. The van der Waals surface area contributed by atoms with Crippen molar-refractivity contribution in [3.05, 3.63) is 76.8 Å². The Morgan fingerprint density at radius 3 is 2.64 bits per heavy atom. The standard InChI is InChI=1S/C17H15N3OS/c21-16-12-15(13-6-2-1-3-7-13)19-17(20-16)22-11-9-14-8-4-5-10-18-14/h1-8,10,12H,9,11H2,(H,19,20,21). The summed E-state index contributed by atoms with van der Waals surface area (Å²) in [5.74, 6) is 0.818. The van der Waals surface area contributed by atoms with Crippen LogP contribution in [0, 0.1) is 0 Å². The number of hydrogen-bond donors (Lipinski definition) is 1. The summed E-state index contributed by atoms with van der Waals surface area (Å²) >= 11 is 1.53. The van der Waals surface area contributed by atoms with Gasteiger partial charge in [0.2, 0.25) is 0 Å². The van der Waals surface area contributed by atoms with Crippen LogP contribution in [0.1, 0.15) is 5.69 Å². The van der Waals surface area contributed by atoms with E-state index < -0.39 is 0 Å². The quantitative estimate of drug-likeness (QED) is 0.581. The lowest BCUT2D eigenvalue weighted by atomic mass is 10.1. The normalized spacial score (nSPS) is 10.5. The number of hydrogen-bond acceptors (Lipinski definition) is 4. The molecule has 2 heterocycles. The molecular formula is C17H15N3OS. The Morgan fingerprint density at radius 1 is 1.05 bits per heavy atom. The zero-order valence-corrected chi connectivity index (χ0v) is 12.7. The summed E-state index contributed by atoms with van der Waals surface area (Å²) in [6, 6.07) is 17.1. The van der Waals surface area contributed by atoms with Gasteiger partial charge in [-0.3, -0.25) is 9.78 Å². The molecular weight excluding hydrogens is 294 g/mol. The number of aromatic nitrogens is 3. The van der Waals surface area contributed by atoms with E-state index >= 15 is 0 Å². The van der Waals surface area contributed by atoms with Gasteiger partial charge in [0.05, 0.1) is 5.69 Å². The van der Waals surface area contributed by atoms with Crippen LogP contribution in [0.3, 0.4) is 0 Å². The molecule has 0 atom stereocenters. The number of benzene rings is 1. The topological polar surface area (TPSA) is 58.6 Å². The van der Waals surface area contributed by atoms with Gasteiger partial charge >= 0.3 is 0 Å². The van der Waals surface area contributed by atoms with Gasteiger partial charge in [0.15, 0.2) is 5.16 Å². The maximum absolute atomic E-state index is 11.8. The fourth-order valence-corrected chi connectivity index (χ4v) is 2.90. The molecule has 0 radical (unpaired) electrons. The second-order valence-corrected chi connectivity index (χ2v) is 5.80. The zero-order chi connectivity index (χ0) is 15.2.